The molecule has 2 atom stereocenters. The number of nitrogens with one attached hydrogen (secondary N) is 1. The van der Waals surface area contributed by atoms with Gasteiger partial charge in [0.2, 0.25) is 15.9 Å². The zero-order chi connectivity index (χ0) is 18.0. The lowest BCUT2D eigenvalue weighted by Crippen LogP contribution is -2.45. The van der Waals surface area contributed by atoms with Crippen molar-refractivity contribution in [1.29, 1.82) is 0 Å². The SMILES string of the molecule is CC(NC(=O)C1CCCN(S(C)(=O)=O)C1)c1ccc2ccccc2c1. The van der Waals surface area contributed by atoms with Crippen LogP contribution >= 0.6 is 0 Å². The van der Waals surface area contributed by atoms with Crippen LogP contribution in [-0.2, 0) is 14.8 Å². The second-order valence-corrected chi connectivity index (χ2v) is 8.78. The van der Waals surface area contributed by atoms with E-state index >= 15 is 0 Å². The van der Waals surface area contributed by atoms with Crippen LogP contribution < -0.4 is 5.32 Å². The number of carbonyl (C=O) groups excluding carboxylic acids is 1. The summed E-state index contributed by atoms with van der Waals surface area (Å²) in [5.41, 5.74) is 1.04. The monoisotopic (exact) mass is 360 g/mol. The Morgan fingerprint density at radius 3 is 2.64 bits per heavy atom. The second kappa shape index (κ2) is 7.14. The summed E-state index contributed by atoms with van der Waals surface area (Å²) in [6.07, 6.45) is 2.64. The fraction of sp³-hybridized carbons (Fsp3) is 0.421. The van der Waals surface area contributed by atoms with E-state index in [9.17, 15) is 13.2 Å². The molecule has 3 rings (SSSR count). The third kappa shape index (κ3) is 4.19. The smallest absolute Gasteiger partial charge is 0.224 e. The Labute approximate surface area is 149 Å². The molecule has 1 amide bonds. The van der Waals surface area contributed by atoms with Crippen molar-refractivity contribution in [2.24, 2.45) is 5.92 Å². The van der Waals surface area contributed by atoms with Crippen molar-refractivity contribution in [1.82, 2.24) is 9.62 Å². The van der Waals surface area contributed by atoms with E-state index in [1.807, 2.05) is 25.1 Å². The molecule has 0 radical (unpaired) electrons. The van der Waals surface area contributed by atoms with Gasteiger partial charge in [-0.3, -0.25) is 4.79 Å². The van der Waals surface area contributed by atoms with Crippen LogP contribution in [0.5, 0.6) is 0 Å². The average molecular weight is 360 g/mol. The molecule has 5 nitrogen and oxygen atoms in total. The molecule has 1 heterocycles. The number of sulfonamides is 1. The number of hydrogen-bond donors (Lipinski definition) is 1. The van der Waals surface area contributed by atoms with Crippen molar-refractivity contribution in [3.05, 3.63) is 48.0 Å². The summed E-state index contributed by atoms with van der Waals surface area (Å²) in [7, 11) is -3.24. The average Bonchev–Trinajstić information content (AvgIpc) is 2.60. The number of amides is 1. The number of rotatable bonds is 4. The van der Waals surface area contributed by atoms with Gasteiger partial charge in [-0.2, -0.15) is 0 Å². The summed E-state index contributed by atoms with van der Waals surface area (Å²) < 4.78 is 24.8. The Kier molecular flexibility index (Phi) is 5.11. The third-order valence-corrected chi connectivity index (χ3v) is 6.13. The zero-order valence-electron chi connectivity index (χ0n) is 14.6. The van der Waals surface area contributed by atoms with Gasteiger partial charge in [-0.05, 0) is 42.2 Å². The summed E-state index contributed by atoms with van der Waals surface area (Å²) in [6.45, 7) is 2.73. The lowest BCUT2D eigenvalue weighted by atomic mass is 9.97. The van der Waals surface area contributed by atoms with Crippen LogP contribution in [0.15, 0.2) is 42.5 Å². The van der Waals surface area contributed by atoms with Crippen LogP contribution in [0.4, 0.5) is 0 Å². The highest BCUT2D eigenvalue weighted by Gasteiger charge is 2.30. The van der Waals surface area contributed by atoms with Gasteiger partial charge in [0, 0.05) is 13.1 Å². The van der Waals surface area contributed by atoms with Crippen LogP contribution in [-0.4, -0.2) is 38.0 Å². The maximum atomic E-state index is 12.6. The van der Waals surface area contributed by atoms with Crippen LogP contribution in [0.25, 0.3) is 10.8 Å². The molecule has 0 saturated carbocycles. The minimum absolute atomic E-state index is 0.0750. The van der Waals surface area contributed by atoms with Gasteiger partial charge >= 0.3 is 0 Å². The van der Waals surface area contributed by atoms with Gasteiger partial charge in [0.25, 0.3) is 0 Å². The summed E-state index contributed by atoms with van der Waals surface area (Å²) >= 11 is 0. The van der Waals surface area contributed by atoms with Gasteiger partial charge in [-0.15, -0.1) is 0 Å². The lowest BCUT2D eigenvalue weighted by Gasteiger charge is -2.31. The van der Waals surface area contributed by atoms with Crippen molar-refractivity contribution in [2.75, 3.05) is 19.3 Å². The van der Waals surface area contributed by atoms with Crippen molar-refractivity contribution in [3.63, 3.8) is 0 Å². The molecule has 2 unspecified atom stereocenters. The molecule has 25 heavy (non-hydrogen) atoms. The number of fused-ring (bicyclic) bond motifs is 1. The molecule has 2 aromatic carbocycles. The molecule has 6 heteroatoms. The number of hydrogen-bond acceptors (Lipinski definition) is 3. The quantitative estimate of drug-likeness (QED) is 0.912. The first-order valence-corrected chi connectivity index (χ1v) is 10.4. The second-order valence-electron chi connectivity index (χ2n) is 6.80. The highest BCUT2D eigenvalue weighted by Crippen LogP contribution is 2.23. The minimum Gasteiger partial charge on any atom is -0.349 e. The topological polar surface area (TPSA) is 66.5 Å². The van der Waals surface area contributed by atoms with Crippen LogP contribution in [0.2, 0.25) is 0 Å². The van der Waals surface area contributed by atoms with E-state index in [2.05, 4.69) is 29.6 Å². The van der Waals surface area contributed by atoms with Crippen LogP contribution in [0.1, 0.15) is 31.4 Å². The van der Waals surface area contributed by atoms with E-state index in [-0.39, 0.29) is 24.4 Å². The normalized spacial score (nSPS) is 20.3. The minimum atomic E-state index is -3.24. The van der Waals surface area contributed by atoms with E-state index in [0.717, 1.165) is 23.8 Å². The number of benzene rings is 2. The van der Waals surface area contributed by atoms with E-state index < -0.39 is 10.0 Å². The van der Waals surface area contributed by atoms with Crippen LogP contribution in [0, 0.1) is 5.92 Å². The van der Waals surface area contributed by atoms with Gasteiger partial charge in [0.15, 0.2) is 0 Å². The summed E-state index contributed by atoms with van der Waals surface area (Å²) in [5, 5.41) is 5.35. The van der Waals surface area contributed by atoms with Crippen molar-refractivity contribution < 1.29 is 13.2 Å². The highest BCUT2D eigenvalue weighted by atomic mass is 32.2. The molecule has 0 aliphatic carbocycles. The van der Waals surface area contributed by atoms with E-state index in [1.54, 1.807) is 0 Å². The number of carbonyl (C=O) groups is 1. The van der Waals surface area contributed by atoms with E-state index in [1.165, 1.54) is 15.9 Å². The fourth-order valence-corrected chi connectivity index (χ4v) is 4.26. The van der Waals surface area contributed by atoms with Crippen molar-refractivity contribution in [3.8, 4) is 0 Å². The summed E-state index contributed by atoms with van der Waals surface area (Å²) in [4.78, 5) is 12.6. The predicted octanol–water partition coefficient (Wildman–Crippen LogP) is 2.69. The fourth-order valence-electron chi connectivity index (χ4n) is 3.35. The van der Waals surface area contributed by atoms with Gasteiger partial charge in [-0.1, -0.05) is 36.4 Å². The summed E-state index contributed by atoms with van der Waals surface area (Å²) in [6, 6.07) is 14.2. The molecule has 0 bridgehead atoms. The van der Waals surface area contributed by atoms with Gasteiger partial charge in [-0.25, -0.2) is 12.7 Å². The number of piperidine rings is 1. The first-order valence-electron chi connectivity index (χ1n) is 8.59. The molecule has 1 aliphatic heterocycles. The summed E-state index contributed by atoms with van der Waals surface area (Å²) in [5.74, 6) is -0.361. The Bertz CT molecular complexity index is 879. The molecule has 1 fully saturated rings. The molecule has 0 aromatic heterocycles. The van der Waals surface area contributed by atoms with Crippen molar-refractivity contribution in [2.45, 2.75) is 25.8 Å². The third-order valence-electron chi connectivity index (χ3n) is 4.86. The van der Waals surface area contributed by atoms with Crippen molar-refractivity contribution >= 4 is 26.7 Å². The Morgan fingerprint density at radius 2 is 1.92 bits per heavy atom. The lowest BCUT2D eigenvalue weighted by molar-refractivity contribution is -0.126. The maximum absolute atomic E-state index is 12.6. The number of nitrogens with zero attached hydrogens (tertiary/aromatic N) is 1. The van der Waals surface area contributed by atoms with E-state index in [4.69, 9.17) is 0 Å². The predicted molar refractivity (Wildman–Crippen MR) is 99.6 cm³/mol. The molecule has 0 spiro atoms. The maximum Gasteiger partial charge on any atom is 0.224 e. The molecule has 1 N–H and O–H groups in total. The Balaban J connectivity index is 1.69. The Morgan fingerprint density at radius 1 is 1.20 bits per heavy atom. The van der Waals surface area contributed by atoms with Crippen LogP contribution in [0.3, 0.4) is 0 Å². The first kappa shape index (κ1) is 17.9. The molecular formula is C19H24N2O3S. The van der Waals surface area contributed by atoms with E-state index in [0.29, 0.717) is 6.54 Å². The molecule has 2 aromatic rings. The standard InChI is InChI=1S/C19H24N2O3S/c1-14(16-10-9-15-6-3-4-7-17(15)12-16)20-19(22)18-8-5-11-21(13-18)25(2,23)24/h3-4,6-7,9-10,12,14,18H,5,8,11,13H2,1-2H3,(H,20,22). The Hall–Kier alpha value is -1.92. The molecular weight excluding hydrogens is 336 g/mol. The zero-order valence-corrected chi connectivity index (χ0v) is 15.4. The first-order chi connectivity index (χ1) is 11.8. The van der Waals surface area contributed by atoms with Gasteiger partial charge < -0.3 is 5.32 Å². The molecule has 1 aliphatic rings. The van der Waals surface area contributed by atoms with Gasteiger partial charge in [0.05, 0.1) is 18.2 Å². The highest BCUT2D eigenvalue weighted by molar-refractivity contribution is 7.88. The largest absolute Gasteiger partial charge is 0.349 e. The molecule has 1 saturated heterocycles. The molecule has 134 valence electrons. The van der Waals surface area contributed by atoms with Gasteiger partial charge in [0.1, 0.15) is 0 Å².